The predicted octanol–water partition coefficient (Wildman–Crippen LogP) is 7.10. The van der Waals surface area contributed by atoms with Crippen LogP contribution in [-0.4, -0.2) is 20.5 Å². The summed E-state index contributed by atoms with van der Waals surface area (Å²) in [6.45, 7) is 0. The lowest BCUT2D eigenvalue weighted by Gasteiger charge is -2.11. The molecular formula is C21H10BrClF6N4O. The second-order valence-corrected chi connectivity index (χ2v) is 8.30. The molecule has 2 heterocycles. The zero-order chi connectivity index (χ0) is 24.8. The molecule has 34 heavy (non-hydrogen) atoms. The molecular weight excluding hydrogens is 554 g/mol. The number of rotatable bonds is 3. The van der Waals surface area contributed by atoms with Crippen molar-refractivity contribution in [3.63, 3.8) is 0 Å². The third-order valence-electron chi connectivity index (χ3n) is 4.63. The number of alkyl halides is 6. The van der Waals surface area contributed by atoms with Gasteiger partial charge in [-0.3, -0.25) is 4.79 Å². The number of carbonyl (C=O) groups excluding carboxylic acids is 1. The first-order chi connectivity index (χ1) is 15.8. The molecule has 1 amide bonds. The molecule has 0 aliphatic heterocycles. The van der Waals surface area contributed by atoms with Crippen molar-refractivity contribution in [3.8, 4) is 11.3 Å². The highest BCUT2D eigenvalue weighted by molar-refractivity contribution is 9.10. The van der Waals surface area contributed by atoms with Gasteiger partial charge in [-0.2, -0.15) is 31.4 Å². The number of hydrogen-bond acceptors (Lipinski definition) is 3. The summed E-state index contributed by atoms with van der Waals surface area (Å²) in [7, 11) is 0. The number of aromatic nitrogens is 3. The smallest absolute Gasteiger partial charge is 0.319 e. The first-order valence-electron chi connectivity index (χ1n) is 9.25. The normalized spacial score (nSPS) is 12.2. The Morgan fingerprint density at radius 2 is 1.62 bits per heavy atom. The lowest BCUT2D eigenvalue weighted by Crippen LogP contribution is -2.16. The zero-order valence-electron chi connectivity index (χ0n) is 16.5. The second kappa shape index (κ2) is 8.58. The molecule has 0 atom stereocenters. The van der Waals surface area contributed by atoms with Gasteiger partial charge in [0.05, 0.1) is 22.0 Å². The van der Waals surface area contributed by atoms with E-state index in [-0.39, 0.29) is 22.1 Å². The van der Waals surface area contributed by atoms with Crippen LogP contribution in [0.5, 0.6) is 0 Å². The minimum Gasteiger partial charge on any atom is -0.319 e. The summed E-state index contributed by atoms with van der Waals surface area (Å²) in [4.78, 5) is 16.8. The molecule has 0 fully saturated rings. The maximum absolute atomic E-state index is 13.7. The van der Waals surface area contributed by atoms with Gasteiger partial charge >= 0.3 is 12.4 Å². The molecule has 2 aromatic carbocycles. The second-order valence-electron chi connectivity index (χ2n) is 6.98. The standard InChI is InChI=1S/C21H10BrClF6N4O/c22-12-4-1-10(2-5-12)14-8-17(21(27,28)29)33-18(30-14)9-16(32-33)19(34)31-15-7-11(20(24,25)26)3-6-13(15)23/h1-9H,(H,31,34). The van der Waals surface area contributed by atoms with Gasteiger partial charge in [0, 0.05) is 16.1 Å². The Balaban J connectivity index is 1.76. The Labute approximate surface area is 200 Å². The van der Waals surface area contributed by atoms with Gasteiger partial charge in [0.2, 0.25) is 0 Å². The number of nitrogens with zero attached hydrogens (tertiary/aromatic N) is 3. The first kappa shape index (κ1) is 24.0. The molecule has 1 N–H and O–H groups in total. The van der Waals surface area contributed by atoms with E-state index in [1.54, 1.807) is 24.3 Å². The maximum Gasteiger partial charge on any atom is 0.433 e. The number of fused-ring (bicyclic) bond motifs is 1. The summed E-state index contributed by atoms with van der Waals surface area (Å²) in [5, 5.41) is 5.63. The van der Waals surface area contributed by atoms with E-state index in [1.165, 1.54) is 0 Å². The summed E-state index contributed by atoms with van der Waals surface area (Å²) in [6, 6.07) is 10.4. The molecule has 0 aliphatic rings. The van der Waals surface area contributed by atoms with Crippen LogP contribution in [0.15, 0.2) is 59.1 Å². The van der Waals surface area contributed by atoms with Gasteiger partial charge in [-0.05, 0) is 36.4 Å². The summed E-state index contributed by atoms with van der Waals surface area (Å²) in [6.07, 6.45) is -9.53. The van der Waals surface area contributed by atoms with Gasteiger partial charge in [0.1, 0.15) is 0 Å². The Kier molecular flexibility index (Phi) is 6.06. The maximum atomic E-state index is 13.7. The van der Waals surface area contributed by atoms with E-state index >= 15 is 0 Å². The molecule has 13 heteroatoms. The highest BCUT2D eigenvalue weighted by atomic mass is 79.9. The van der Waals surface area contributed by atoms with Crippen molar-refractivity contribution < 1.29 is 31.1 Å². The predicted molar refractivity (Wildman–Crippen MR) is 116 cm³/mol. The van der Waals surface area contributed by atoms with Crippen LogP contribution < -0.4 is 5.32 Å². The van der Waals surface area contributed by atoms with Gasteiger partial charge in [-0.15, -0.1) is 0 Å². The number of hydrogen-bond donors (Lipinski definition) is 1. The minimum atomic E-state index is -4.84. The fourth-order valence-electron chi connectivity index (χ4n) is 3.04. The van der Waals surface area contributed by atoms with Crippen molar-refractivity contribution in [1.29, 1.82) is 0 Å². The molecule has 0 bridgehead atoms. The van der Waals surface area contributed by atoms with Crippen LogP contribution in [0.3, 0.4) is 0 Å². The number of nitrogens with one attached hydrogen (secondary N) is 1. The Bertz CT molecular complexity index is 1400. The average Bonchev–Trinajstić information content (AvgIpc) is 3.18. The fraction of sp³-hybridized carbons (Fsp3) is 0.0952. The number of amides is 1. The van der Waals surface area contributed by atoms with Crippen LogP contribution in [0.1, 0.15) is 21.7 Å². The monoisotopic (exact) mass is 562 g/mol. The van der Waals surface area contributed by atoms with Crippen LogP contribution in [-0.2, 0) is 12.4 Å². The van der Waals surface area contributed by atoms with Gasteiger partial charge in [0.25, 0.3) is 5.91 Å². The summed E-state index contributed by atoms with van der Waals surface area (Å²) >= 11 is 9.11. The third-order valence-corrected chi connectivity index (χ3v) is 5.49. The molecule has 0 saturated carbocycles. The van der Waals surface area contributed by atoms with Crippen molar-refractivity contribution in [2.75, 3.05) is 5.32 Å². The van der Waals surface area contributed by atoms with Crippen molar-refractivity contribution >= 4 is 44.8 Å². The van der Waals surface area contributed by atoms with Crippen molar-refractivity contribution in [2.24, 2.45) is 0 Å². The largest absolute Gasteiger partial charge is 0.433 e. The van der Waals surface area contributed by atoms with Crippen LogP contribution in [0.25, 0.3) is 16.9 Å². The Morgan fingerprint density at radius 1 is 0.941 bits per heavy atom. The molecule has 0 saturated heterocycles. The quantitative estimate of drug-likeness (QED) is 0.271. The highest BCUT2D eigenvalue weighted by Crippen LogP contribution is 2.35. The third kappa shape index (κ3) is 4.87. The van der Waals surface area contributed by atoms with Crippen molar-refractivity contribution in [3.05, 3.63) is 81.0 Å². The van der Waals surface area contributed by atoms with E-state index in [9.17, 15) is 31.1 Å². The summed E-state index contributed by atoms with van der Waals surface area (Å²) < 4.78 is 81.2. The molecule has 4 rings (SSSR count). The Morgan fingerprint density at radius 3 is 2.24 bits per heavy atom. The van der Waals surface area contributed by atoms with Gasteiger partial charge in [0.15, 0.2) is 17.0 Å². The van der Waals surface area contributed by atoms with Crippen LogP contribution in [0, 0.1) is 0 Å². The van der Waals surface area contributed by atoms with E-state index in [0.29, 0.717) is 20.6 Å². The lowest BCUT2D eigenvalue weighted by molar-refractivity contribution is -0.142. The van der Waals surface area contributed by atoms with E-state index in [0.717, 1.165) is 24.3 Å². The van der Waals surface area contributed by atoms with Crippen LogP contribution >= 0.6 is 27.5 Å². The lowest BCUT2D eigenvalue weighted by atomic mass is 10.1. The number of anilines is 1. The molecule has 0 radical (unpaired) electrons. The SMILES string of the molecule is O=C(Nc1cc(C(F)(F)F)ccc1Cl)c1cc2nc(-c3ccc(Br)cc3)cc(C(F)(F)F)n2n1. The summed E-state index contributed by atoms with van der Waals surface area (Å²) in [5.74, 6) is -1.06. The molecule has 5 nitrogen and oxygen atoms in total. The molecule has 2 aromatic heterocycles. The molecule has 0 unspecified atom stereocenters. The van der Waals surface area contributed by atoms with Gasteiger partial charge < -0.3 is 5.32 Å². The van der Waals surface area contributed by atoms with E-state index in [1.807, 2.05) is 0 Å². The van der Waals surface area contributed by atoms with Crippen molar-refractivity contribution in [2.45, 2.75) is 12.4 Å². The van der Waals surface area contributed by atoms with E-state index < -0.39 is 35.2 Å². The van der Waals surface area contributed by atoms with Gasteiger partial charge in [-0.1, -0.05) is 39.7 Å². The van der Waals surface area contributed by atoms with Crippen LogP contribution in [0.4, 0.5) is 32.0 Å². The van der Waals surface area contributed by atoms with Gasteiger partial charge in [-0.25, -0.2) is 9.50 Å². The number of benzene rings is 2. The highest BCUT2D eigenvalue weighted by Gasteiger charge is 2.36. The van der Waals surface area contributed by atoms with Crippen LogP contribution in [0.2, 0.25) is 5.02 Å². The molecule has 176 valence electrons. The minimum absolute atomic E-state index is 0.0138. The Hall–Kier alpha value is -3.12. The fourth-order valence-corrected chi connectivity index (χ4v) is 3.47. The average molecular weight is 564 g/mol. The topological polar surface area (TPSA) is 59.3 Å². The summed E-state index contributed by atoms with van der Waals surface area (Å²) in [5.41, 5.74) is -3.04. The molecule has 0 aliphatic carbocycles. The zero-order valence-corrected chi connectivity index (χ0v) is 18.8. The number of halogens is 8. The number of carbonyl (C=O) groups is 1. The first-order valence-corrected chi connectivity index (χ1v) is 10.4. The van der Waals surface area contributed by atoms with E-state index in [4.69, 9.17) is 11.6 Å². The van der Waals surface area contributed by atoms with Crippen molar-refractivity contribution in [1.82, 2.24) is 14.6 Å². The molecule has 0 spiro atoms. The van der Waals surface area contributed by atoms with E-state index in [2.05, 4.69) is 31.3 Å². The molecule has 4 aromatic rings.